The molecule has 0 aliphatic carbocycles. The van der Waals surface area contributed by atoms with Gasteiger partial charge in [0.05, 0.1) is 14.2 Å². The minimum absolute atomic E-state index is 0.0346. The lowest BCUT2D eigenvalue weighted by atomic mass is 10.3. The highest BCUT2D eigenvalue weighted by molar-refractivity contribution is 14.2. The highest BCUT2D eigenvalue weighted by atomic mass is 127. The molecule has 9 heteroatoms. The minimum Gasteiger partial charge on any atom is -0.478 e. The first-order valence-electron chi connectivity index (χ1n) is 6.49. The molecule has 1 aromatic carbocycles. The maximum absolute atomic E-state index is 11.6. The number of ether oxygens (including phenoxy) is 4. The Bertz CT molecular complexity index is 602. The third kappa shape index (κ3) is 5.05. The van der Waals surface area contributed by atoms with Crippen molar-refractivity contribution >= 4 is 31.7 Å². The van der Waals surface area contributed by atoms with Crippen LogP contribution in [0.5, 0.6) is 11.5 Å². The number of carbonyl (C=O) groups is 2. The summed E-state index contributed by atoms with van der Waals surface area (Å²) in [7, 11) is 2.39. The van der Waals surface area contributed by atoms with E-state index < -0.39 is 43.9 Å². The molecule has 0 bridgehead atoms. The molecule has 0 radical (unpaired) electrons. The smallest absolute Gasteiger partial charge is 0.348 e. The quantitative estimate of drug-likeness (QED) is 0.468. The van der Waals surface area contributed by atoms with Gasteiger partial charge < -0.3 is 18.9 Å². The average Bonchev–Trinajstić information content (AvgIpc) is 2.52. The van der Waals surface area contributed by atoms with E-state index in [9.17, 15) is 15.7 Å². The Morgan fingerprint density at radius 3 is 1.61 bits per heavy atom. The second kappa shape index (κ2) is 8.65. The summed E-state index contributed by atoms with van der Waals surface area (Å²) in [6, 6.07) is 4.28. The van der Waals surface area contributed by atoms with Crippen LogP contribution < -0.4 is 9.47 Å². The van der Waals surface area contributed by atoms with Gasteiger partial charge in [-0.3, -0.25) is 0 Å². The van der Waals surface area contributed by atoms with Crippen molar-refractivity contribution in [2.24, 2.45) is 0 Å². The van der Waals surface area contributed by atoms with Crippen LogP contribution in [0.2, 0.25) is 0 Å². The fourth-order valence-corrected chi connectivity index (χ4v) is 3.12. The summed E-state index contributed by atoms with van der Waals surface area (Å²) in [6.45, 7) is 2.85. The molecule has 0 aromatic heterocycles. The van der Waals surface area contributed by atoms with Crippen LogP contribution in [-0.2, 0) is 25.2 Å². The van der Waals surface area contributed by atoms with Crippen molar-refractivity contribution in [1.29, 1.82) is 0 Å². The van der Waals surface area contributed by atoms with Crippen LogP contribution in [0.25, 0.3) is 0 Å². The molecule has 0 aliphatic rings. The third-order valence-corrected chi connectivity index (χ3v) is 4.70. The van der Waals surface area contributed by atoms with Crippen LogP contribution in [0.4, 0.5) is 0 Å². The van der Waals surface area contributed by atoms with E-state index in [0.29, 0.717) is 0 Å². The number of hydrogen-bond donors (Lipinski definition) is 0. The summed E-state index contributed by atoms with van der Waals surface area (Å²) in [5, 5.41) is 0. The molecule has 0 aliphatic heterocycles. The minimum atomic E-state index is -4.04. The van der Waals surface area contributed by atoms with Crippen molar-refractivity contribution < 1.29 is 34.7 Å². The SMILES string of the molecule is COC(=O)[C@@H](C)Oc1cccc(O[C@H](C)C(=O)OC)c1I(=O)=O. The lowest BCUT2D eigenvalue weighted by Gasteiger charge is -2.17. The number of benzene rings is 1. The van der Waals surface area contributed by atoms with E-state index in [1.807, 2.05) is 0 Å². The Labute approximate surface area is 140 Å². The van der Waals surface area contributed by atoms with Crippen molar-refractivity contribution in [2.45, 2.75) is 26.1 Å². The van der Waals surface area contributed by atoms with Gasteiger partial charge in [0.25, 0.3) is 0 Å². The molecule has 0 unspecified atom stereocenters. The molecule has 0 N–H and O–H groups in total. The maximum Gasteiger partial charge on any atom is 0.348 e. The van der Waals surface area contributed by atoms with Crippen molar-refractivity contribution in [1.82, 2.24) is 0 Å². The zero-order chi connectivity index (χ0) is 17.6. The van der Waals surface area contributed by atoms with Crippen LogP contribution in [0, 0.1) is 3.57 Å². The Morgan fingerprint density at radius 1 is 0.913 bits per heavy atom. The molecule has 23 heavy (non-hydrogen) atoms. The number of halogens is 1. The molecular formula is C14H17IO8. The van der Waals surface area contributed by atoms with E-state index in [-0.39, 0.29) is 15.1 Å². The number of rotatable bonds is 7. The van der Waals surface area contributed by atoms with Gasteiger partial charge in [-0.15, -0.1) is 0 Å². The van der Waals surface area contributed by atoms with Crippen LogP contribution in [0.15, 0.2) is 18.2 Å². The van der Waals surface area contributed by atoms with Gasteiger partial charge in [-0.05, 0) is 26.0 Å². The molecule has 0 spiro atoms. The monoisotopic (exact) mass is 440 g/mol. The van der Waals surface area contributed by atoms with E-state index in [2.05, 4.69) is 9.47 Å². The average molecular weight is 440 g/mol. The number of carbonyl (C=O) groups excluding carboxylic acids is 2. The van der Waals surface area contributed by atoms with E-state index >= 15 is 0 Å². The summed E-state index contributed by atoms with van der Waals surface area (Å²) in [5.41, 5.74) is 0. The molecule has 0 saturated heterocycles. The predicted octanol–water partition coefficient (Wildman–Crippen LogP) is 1.93. The van der Waals surface area contributed by atoms with Crippen molar-refractivity contribution in [3.05, 3.63) is 21.8 Å². The van der Waals surface area contributed by atoms with Gasteiger partial charge in [-0.2, -0.15) is 0 Å². The van der Waals surface area contributed by atoms with Gasteiger partial charge in [-0.1, -0.05) is 6.07 Å². The van der Waals surface area contributed by atoms with Gasteiger partial charge in [0, 0.05) is 0 Å². The van der Waals surface area contributed by atoms with E-state index in [1.54, 1.807) is 0 Å². The van der Waals surface area contributed by atoms with Crippen molar-refractivity contribution in [2.75, 3.05) is 14.2 Å². The Morgan fingerprint density at radius 2 is 1.30 bits per heavy atom. The van der Waals surface area contributed by atoms with E-state index in [0.717, 1.165) is 0 Å². The van der Waals surface area contributed by atoms with Gasteiger partial charge in [0.15, 0.2) is 15.8 Å². The van der Waals surface area contributed by atoms with Crippen molar-refractivity contribution in [3.8, 4) is 11.5 Å². The molecule has 0 heterocycles. The first-order chi connectivity index (χ1) is 10.8. The molecule has 0 amide bonds. The lowest BCUT2D eigenvalue weighted by Crippen LogP contribution is -2.26. The van der Waals surface area contributed by atoms with Gasteiger partial charge in [0.2, 0.25) is 0 Å². The normalized spacial score (nSPS) is 13.1. The highest BCUT2D eigenvalue weighted by Gasteiger charge is 2.24. The number of esters is 2. The molecule has 1 rings (SSSR count). The zero-order valence-electron chi connectivity index (χ0n) is 13.0. The molecule has 0 saturated carbocycles. The number of hydrogen-bond acceptors (Lipinski definition) is 8. The largest absolute Gasteiger partial charge is 0.478 e. The summed E-state index contributed by atoms with van der Waals surface area (Å²) in [6.07, 6.45) is -1.99. The van der Waals surface area contributed by atoms with Crippen LogP contribution in [-0.4, -0.2) is 38.4 Å². The first-order valence-corrected chi connectivity index (χ1v) is 9.33. The summed E-state index contributed by atoms with van der Waals surface area (Å²) >= 11 is -4.04. The van der Waals surface area contributed by atoms with E-state index in [4.69, 9.17) is 9.47 Å². The maximum atomic E-state index is 11.6. The van der Waals surface area contributed by atoms with Gasteiger partial charge in [-0.25, -0.2) is 15.7 Å². The molecule has 128 valence electrons. The van der Waals surface area contributed by atoms with Crippen LogP contribution in [0.1, 0.15) is 13.8 Å². The van der Waals surface area contributed by atoms with Gasteiger partial charge in [0.1, 0.15) is 11.5 Å². The zero-order valence-corrected chi connectivity index (χ0v) is 15.2. The topological polar surface area (TPSA) is 105 Å². The Balaban J connectivity index is 3.16. The Hall–Kier alpha value is -1.91. The predicted molar refractivity (Wildman–Crippen MR) is 84.7 cm³/mol. The third-order valence-electron chi connectivity index (χ3n) is 2.76. The Kier molecular flexibility index (Phi) is 7.20. The summed E-state index contributed by atoms with van der Waals surface area (Å²) in [5.74, 6) is -1.37. The lowest BCUT2D eigenvalue weighted by molar-refractivity contribution is -0.148. The fraction of sp³-hybridized carbons (Fsp3) is 0.429. The van der Waals surface area contributed by atoms with Gasteiger partial charge >= 0.3 is 31.7 Å². The standard InChI is InChI=1S/C14H17IO8/c1-8(13(16)20-3)22-10-6-5-7-11(12(10)15(18)19)23-9(2)14(17)21-4/h5-9H,1-4H3/t8-,9-/m1/s1. The van der Waals surface area contributed by atoms with E-state index in [1.165, 1.54) is 46.3 Å². The first kappa shape index (κ1) is 19.1. The number of methoxy groups -OCH3 is 2. The second-order valence-corrected chi connectivity index (χ2v) is 6.67. The summed E-state index contributed by atoms with van der Waals surface area (Å²) < 4.78 is 42.8. The molecule has 2 atom stereocenters. The molecule has 0 fully saturated rings. The van der Waals surface area contributed by atoms with Crippen molar-refractivity contribution in [3.63, 3.8) is 0 Å². The van der Waals surface area contributed by atoms with Crippen LogP contribution >= 0.6 is 19.8 Å². The summed E-state index contributed by atoms with van der Waals surface area (Å²) in [4.78, 5) is 22.8. The second-order valence-electron chi connectivity index (χ2n) is 4.35. The van der Waals surface area contributed by atoms with Crippen LogP contribution in [0.3, 0.4) is 0 Å². The molecule has 1 aromatic rings. The molecular weight excluding hydrogens is 423 g/mol. The highest BCUT2D eigenvalue weighted by Crippen LogP contribution is 2.37. The fourth-order valence-electron chi connectivity index (χ4n) is 1.63. The molecule has 8 nitrogen and oxygen atoms in total.